The van der Waals surface area contributed by atoms with Crippen LogP contribution in [0.5, 0.6) is 0 Å². The monoisotopic (exact) mass is 183 g/mol. The molecular weight excluding hydrogens is 176 g/mol. The van der Waals surface area contributed by atoms with Crippen LogP contribution in [0.3, 0.4) is 0 Å². The summed E-state index contributed by atoms with van der Waals surface area (Å²) in [5.41, 5.74) is 0.832. The molecule has 0 aliphatic heterocycles. The second-order valence-corrected chi connectivity index (χ2v) is 2.74. The largest absolute Gasteiger partial charge is 0.267 e. The fraction of sp³-hybridized carbons (Fsp3) is 0.250. The first-order chi connectivity index (χ1) is 6.18. The Hall–Kier alpha value is -1.52. The predicted octanol–water partition coefficient (Wildman–Crippen LogP) is 1.98. The zero-order chi connectivity index (χ0) is 9.42. The molecule has 2 rings (SSSR count). The zero-order valence-corrected chi connectivity index (χ0v) is 6.91. The highest BCUT2D eigenvalue weighted by Gasteiger charge is 2.13. The van der Waals surface area contributed by atoms with E-state index in [1.807, 2.05) is 0 Å². The molecule has 2 aromatic heterocycles. The van der Waals surface area contributed by atoms with Gasteiger partial charge in [0.1, 0.15) is 0 Å². The summed E-state index contributed by atoms with van der Waals surface area (Å²) >= 11 is 0. The number of alkyl halides is 2. The summed E-state index contributed by atoms with van der Waals surface area (Å²) in [6.45, 7) is 1.74. The van der Waals surface area contributed by atoms with Gasteiger partial charge in [0.05, 0.1) is 17.5 Å². The second kappa shape index (κ2) is 2.76. The zero-order valence-electron chi connectivity index (χ0n) is 6.91. The molecule has 2 heterocycles. The lowest BCUT2D eigenvalue weighted by molar-refractivity contribution is 0.152. The quantitative estimate of drug-likeness (QED) is 0.676. The van der Waals surface area contributed by atoms with Crippen LogP contribution in [-0.4, -0.2) is 14.6 Å². The van der Waals surface area contributed by atoms with E-state index in [1.165, 1.54) is 16.8 Å². The van der Waals surface area contributed by atoms with Crippen LogP contribution >= 0.6 is 0 Å². The molecule has 0 saturated heterocycles. The lowest BCUT2D eigenvalue weighted by Crippen LogP contribution is -1.95. The van der Waals surface area contributed by atoms with E-state index in [1.54, 1.807) is 13.1 Å². The van der Waals surface area contributed by atoms with Gasteiger partial charge in [-0.25, -0.2) is 18.3 Å². The van der Waals surface area contributed by atoms with Crippen LogP contribution in [0.1, 0.15) is 17.7 Å². The number of nitrogens with zero attached hydrogens (tertiary/aromatic N) is 3. The van der Waals surface area contributed by atoms with Crippen molar-refractivity contribution in [2.24, 2.45) is 0 Å². The van der Waals surface area contributed by atoms with Gasteiger partial charge < -0.3 is 0 Å². The molecule has 0 aliphatic rings. The van der Waals surface area contributed by atoms with E-state index in [4.69, 9.17) is 0 Å². The first kappa shape index (κ1) is 8.10. The van der Waals surface area contributed by atoms with Crippen LogP contribution in [0.25, 0.3) is 5.65 Å². The average Bonchev–Trinajstić information content (AvgIpc) is 2.43. The highest BCUT2D eigenvalue weighted by atomic mass is 19.3. The Labute approximate surface area is 73.0 Å². The van der Waals surface area contributed by atoms with Crippen molar-refractivity contribution in [3.63, 3.8) is 0 Å². The molecule has 0 unspecified atom stereocenters. The number of imidazole rings is 1. The summed E-state index contributed by atoms with van der Waals surface area (Å²) in [5.74, 6) is 0. The Balaban J connectivity index is 2.75. The van der Waals surface area contributed by atoms with E-state index in [0.29, 0.717) is 5.69 Å². The number of aromatic nitrogens is 3. The highest BCUT2D eigenvalue weighted by Crippen LogP contribution is 2.21. The van der Waals surface area contributed by atoms with Gasteiger partial charge in [-0.3, -0.25) is 0 Å². The van der Waals surface area contributed by atoms with Crippen molar-refractivity contribution >= 4 is 5.65 Å². The van der Waals surface area contributed by atoms with Gasteiger partial charge in [-0.1, -0.05) is 0 Å². The molecule has 0 fully saturated rings. The molecule has 3 nitrogen and oxygen atoms in total. The molecule has 5 heteroatoms. The number of hydrogen-bond acceptors (Lipinski definition) is 2. The van der Waals surface area contributed by atoms with Gasteiger partial charge >= 0.3 is 0 Å². The topological polar surface area (TPSA) is 30.2 Å². The lowest BCUT2D eigenvalue weighted by atomic mass is 10.3. The van der Waals surface area contributed by atoms with Crippen molar-refractivity contribution in [1.29, 1.82) is 0 Å². The van der Waals surface area contributed by atoms with Gasteiger partial charge in [0.25, 0.3) is 6.43 Å². The molecule has 68 valence electrons. The van der Waals surface area contributed by atoms with Gasteiger partial charge in [0.15, 0.2) is 5.65 Å². The fourth-order valence-corrected chi connectivity index (χ4v) is 1.20. The smallest absolute Gasteiger partial charge is 0.232 e. The molecule has 0 saturated carbocycles. The molecule has 0 N–H and O–H groups in total. The van der Waals surface area contributed by atoms with Crippen molar-refractivity contribution < 1.29 is 8.78 Å². The number of fused-ring (bicyclic) bond motifs is 1. The highest BCUT2D eigenvalue weighted by molar-refractivity contribution is 5.47. The predicted molar refractivity (Wildman–Crippen MR) is 42.7 cm³/mol. The van der Waals surface area contributed by atoms with Crippen LogP contribution in [0.4, 0.5) is 8.78 Å². The maximum Gasteiger partial charge on any atom is 0.267 e. The molecule has 2 aromatic rings. The van der Waals surface area contributed by atoms with E-state index in [9.17, 15) is 8.78 Å². The summed E-state index contributed by atoms with van der Waals surface area (Å²) in [6.07, 6.45) is 0.448. The van der Waals surface area contributed by atoms with Crippen molar-refractivity contribution in [1.82, 2.24) is 14.6 Å². The maximum absolute atomic E-state index is 12.4. The van der Waals surface area contributed by atoms with E-state index in [0.717, 1.165) is 0 Å². The number of rotatable bonds is 1. The Morgan fingerprint density at radius 1 is 1.46 bits per heavy atom. The molecule has 0 atom stereocenters. The number of aryl methyl sites for hydroxylation is 1. The van der Waals surface area contributed by atoms with Gasteiger partial charge in [0.2, 0.25) is 0 Å². The first-order valence-electron chi connectivity index (χ1n) is 3.77. The van der Waals surface area contributed by atoms with E-state index in [-0.39, 0.29) is 11.2 Å². The van der Waals surface area contributed by atoms with Gasteiger partial charge in [-0.05, 0) is 13.0 Å². The van der Waals surface area contributed by atoms with E-state index in [2.05, 4.69) is 10.1 Å². The van der Waals surface area contributed by atoms with Crippen molar-refractivity contribution in [2.45, 2.75) is 13.3 Å². The molecule has 0 radical (unpaired) electrons. The number of hydrogen-bond donors (Lipinski definition) is 0. The molecule has 0 spiro atoms. The first-order valence-corrected chi connectivity index (χ1v) is 3.77. The minimum atomic E-state index is -2.51. The third-order valence-corrected chi connectivity index (χ3v) is 1.75. The summed E-state index contributed by atoms with van der Waals surface area (Å²) in [5, 5.41) is 3.87. The Kier molecular flexibility index (Phi) is 1.72. The Morgan fingerprint density at radius 3 is 2.92 bits per heavy atom. The normalized spacial score (nSPS) is 11.4. The minimum absolute atomic E-state index is 0.0805. The second-order valence-electron chi connectivity index (χ2n) is 2.74. The molecule has 0 bridgehead atoms. The van der Waals surface area contributed by atoms with Crippen LogP contribution < -0.4 is 0 Å². The minimum Gasteiger partial charge on any atom is -0.232 e. The lowest BCUT2D eigenvalue weighted by Gasteiger charge is -1.99. The third-order valence-electron chi connectivity index (χ3n) is 1.75. The van der Waals surface area contributed by atoms with E-state index >= 15 is 0 Å². The number of halogens is 2. The molecule has 0 aromatic carbocycles. The van der Waals surface area contributed by atoms with Gasteiger partial charge in [-0.2, -0.15) is 5.10 Å². The summed E-state index contributed by atoms with van der Waals surface area (Å²) in [7, 11) is 0. The van der Waals surface area contributed by atoms with Crippen LogP contribution in [0, 0.1) is 6.92 Å². The summed E-state index contributed by atoms with van der Waals surface area (Å²) in [4.78, 5) is 3.95. The standard InChI is InChI=1S/C8H7F2N3/c1-5-4-13-8(12-5)6(7(9)10)2-3-11-13/h2-4,7H,1H3. The Bertz CT molecular complexity index is 436. The SMILES string of the molecule is Cc1cn2nccc(C(F)F)c2n1. The van der Waals surface area contributed by atoms with Gasteiger partial charge in [-0.15, -0.1) is 0 Å². The van der Waals surface area contributed by atoms with Crippen molar-refractivity contribution in [3.05, 3.63) is 29.7 Å². The maximum atomic E-state index is 12.4. The summed E-state index contributed by atoms with van der Waals surface area (Å²) in [6, 6.07) is 1.28. The third kappa shape index (κ3) is 1.26. The molecule has 0 aliphatic carbocycles. The van der Waals surface area contributed by atoms with Gasteiger partial charge in [0, 0.05) is 6.20 Å². The van der Waals surface area contributed by atoms with E-state index < -0.39 is 6.43 Å². The van der Waals surface area contributed by atoms with Crippen LogP contribution in [0.2, 0.25) is 0 Å². The van der Waals surface area contributed by atoms with Crippen LogP contribution in [-0.2, 0) is 0 Å². The van der Waals surface area contributed by atoms with Crippen molar-refractivity contribution in [2.75, 3.05) is 0 Å². The average molecular weight is 183 g/mol. The Morgan fingerprint density at radius 2 is 2.23 bits per heavy atom. The summed E-state index contributed by atoms with van der Waals surface area (Å²) < 4.78 is 26.2. The molecule has 0 amide bonds. The fourth-order valence-electron chi connectivity index (χ4n) is 1.20. The molecular formula is C8H7F2N3. The van der Waals surface area contributed by atoms with Crippen molar-refractivity contribution in [3.8, 4) is 0 Å². The molecule has 13 heavy (non-hydrogen) atoms. The van der Waals surface area contributed by atoms with Crippen LogP contribution in [0.15, 0.2) is 18.5 Å².